The normalized spacial score (nSPS) is 11.3. The molecule has 1 heterocycles. The van der Waals surface area contributed by atoms with Crippen LogP contribution in [0.3, 0.4) is 0 Å². The van der Waals surface area contributed by atoms with Crippen LogP contribution in [0.4, 0.5) is 5.82 Å². The average molecular weight is 315 g/mol. The smallest absolute Gasteiger partial charge is 0.263 e. The van der Waals surface area contributed by atoms with Gasteiger partial charge < -0.3 is 10.1 Å². The number of carbonyl (C=O) groups is 1. The molecule has 0 unspecified atom stereocenters. The maximum Gasteiger partial charge on any atom is 0.263 e. The van der Waals surface area contributed by atoms with Gasteiger partial charge in [0.15, 0.2) is 6.61 Å². The summed E-state index contributed by atoms with van der Waals surface area (Å²) in [6.07, 6.45) is 2.64. The number of amides is 1. The molecule has 0 atom stereocenters. The maximum atomic E-state index is 12.0. The summed E-state index contributed by atoms with van der Waals surface area (Å²) in [5, 5.41) is 7.00. The fourth-order valence-electron chi connectivity index (χ4n) is 2.21. The van der Waals surface area contributed by atoms with Crippen molar-refractivity contribution in [2.75, 3.05) is 11.9 Å². The molecule has 2 aromatic rings. The molecule has 1 aromatic carbocycles. The van der Waals surface area contributed by atoms with Crippen LogP contribution in [0.1, 0.15) is 39.7 Å². The lowest BCUT2D eigenvalue weighted by atomic mass is 9.87. The SMILES string of the molecule is CCCn1nccc1NC(=O)COc1cccc(C(C)(C)C)c1. The van der Waals surface area contributed by atoms with Crippen molar-refractivity contribution in [2.45, 2.75) is 46.1 Å². The number of carbonyl (C=O) groups excluding carboxylic acids is 1. The second-order valence-corrected chi connectivity index (χ2v) is 6.55. The Balaban J connectivity index is 1.93. The highest BCUT2D eigenvalue weighted by molar-refractivity contribution is 5.91. The Hall–Kier alpha value is -2.30. The summed E-state index contributed by atoms with van der Waals surface area (Å²) in [5.74, 6) is 1.21. The van der Waals surface area contributed by atoms with Crippen LogP contribution in [-0.4, -0.2) is 22.3 Å². The Morgan fingerprint density at radius 2 is 2.09 bits per heavy atom. The van der Waals surface area contributed by atoms with Crippen molar-refractivity contribution in [1.82, 2.24) is 9.78 Å². The number of aryl methyl sites for hydroxylation is 1. The molecule has 0 spiro atoms. The van der Waals surface area contributed by atoms with Gasteiger partial charge in [0.1, 0.15) is 11.6 Å². The largest absolute Gasteiger partial charge is 0.484 e. The second-order valence-electron chi connectivity index (χ2n) is 6.55. The molecule has 124 valence electrons. The predicted octanol–water partition coefficient (Wildman–Crippen LogP) is 3.61. The molecule has 5 heteroatoms. The Bertz CT molecular complexity index is 656. The number of rotatable bonds is 6. The first kappa shape index (κ1) is 17.1. The molecule has 0 saturated heterocycles. The van der Waals surface area contributed by atoms with Crippen molar-refractivity contribution < 1.29 is 9.53 Å². The van der Waals surface area contributed by atoms with E-state index in [-0.39, 0.29) is 17.9 Å². The van der Waals surface area contributed by atoms with E-state index in [9.17, 15) is 4.79 Å². The zero-order valence-electron chi connectivity index (χ0n) is 14.3. The first-order valence-corrected chi connectivity index (χ1v) is 7.95. The van der Waals surface area contributed by atoms with Gasteiger partial charge in [-0.25, -0.2) is 4.68 Å². The number of nitrogens with zero attached hydrogens (tertiary/aromatic N) is 2. The summed E-state index contributed by atoms with van der Waals surface area (Å²) < 4.78 is 7.39. The molecule has 1 N–H and O–H groups in total. The van der Waals surface area contributed by atoms with Crippen LogP contribution >= 0.6 is 0 Å². The van der Waals surface area contributed by atoms with Gasteiger partial charge in [0.25, 0.3) is 5.91 Å². The third-order valence-corrected chi connectivity index (χ3v) is 3.49. The van der Waals surface area contributed by atoms with Crippen LogP contribution in [0.25, 0.3) is 0 Å². The van der Waals surface area contributed by atoms with Gasteiger partial charge in [-0.1, -0.05) is 39.8 Å². The van der Waals surface area contributed by atoms with Crippen LogP contribution in [0.15, 0.2) is 36.5 Å². The van der Waals surface area contributed by atoms with Crippen LogP contribution < -0.4 is 10.1 Å². The Morgan fingerprint density at radius 1 is 1.30 bits per heavy atom. The highest BCUT2D eigenvalue weighted by atomic mass is 16.5. The van der Waals surface area contributed by atoms with Crippen molar-refractivity contribution in [3.05, 3.63) is 42.1 Å². The van der Waals surface area contributed by atoms with Crippen molar-refractivity contribution in [2.24, 2.45) is 0 Å². The first-order chi connectivity index (χ1) is 10.9. The molecule has 0 aliphatic rings. The lowest BCUT2D eigenvalue weighted by Crippen LogP contribution is -2.22. The minimum atomic E-state index is -0.191. The minimum absolute atomic E-state index is 0.0229. The van der Waals surface area contributed by atoms with Gasteiger partial charge in [0, 0.05) is 12.6 Å². The van der Waals surface area contributed by atoms with E-state index in [0.717, 1.165) is 13.0 Å². The third-order valence-electron chi connectivity index (χ3n) is 3.49. The highest BCUT2D eigenvalue weighted by Crippen LogP contribution is 2.25. The van der Waals surface area contributed by atoms with E-state index < -0.39 is 0 Å². The molecule has 0 radical (unpaired) electrons. The fourth-order valence-corrected chi connectivity index (χ4v) is 2.21. The van der Waals surface area contributed by atoms with Crippen LogP contribution in [-0.2, 0) is 16.8 Å². The second kappa shape index (κ2) is 7.31. The van der Waals surface area contributed by atoms with E-state index in [1.165, 1.54) is 5.56 Å². The molecule has 0 aliphatic heterocycles. The maximum absolute atomic E-state index is 12.0. The van der Waals surface area contributed by atoms with E-state index in [4.69, 9.17) is 4.74 Å². The number of ether oxygens (including phenoxy) is 1. The molecule has 0 aliphatic carbocycles. The van der Waals surface area contributed by atoms with Crippen molar-refractivity contribution in [3.63, 3.8) is 0 Å². The zero-order valence-corrected chi connectivity index (χ0v) is 14.3. The first-order valence-electron chi connectivity index (χ1n) is 7.95. The van der Waals surface area contributed by atoms with Crippen molar-refractivity contribution >= 4 is 11.7 Å². The van der Waals surface area contributed by atoms with Crippen LogP contribution in [0.5, 0.6) is 5.75 Å². The highest BCUT2D eigenvalue weighted by Gasteiger charge is 2.14. The quantitative estimate of drug-likeness (QED) is 0.886. The molecule has 23 heavy (non-hydrogen) atoms. The molecule has 0 bridgehead atoms. The van der Waals surface area contributed by atoms with Gasteiger partial charge >= 0.3 is 0 Å². The Kier molecular flexibility index (Phi) is 5.42. The van der Waals surface area contributed by atoms with E-state index >= 15 is 0 Å². The van der Waals surface area contributed by atoms with Gasteiger partial charge in [0.2, 0.25) is 0 Å². The van der Waals surface area contributed by atoms with Gasteiger partial charge in [-0.3, -0.25) is 4.79 Å². The minimum Gasteiger partial charge on any atom is -0.484 e. The van der Waals surface area contributed by atoms with Gasteiger partial charge in [-0.05, 0) is 29.5 Å². The predicted molar refractivity (Wildman–Crippen MR) is 91.8 cm³/mol. The molecule has 5 nitrogen and oxygen atoms in total. The summed E-state index contributed by atoms with van der Waals surface area (Å²) >= 11 is 0. The molecule has 1 amide bonds. The lowest BCUT2D eigenvalue weighted by molar-refractivity contribution is -0.118. The molecular weight excluding hydrogens is 290 g/mol. The molecule has 2 rings (SSSR count). The standard InChI is InChI=1S/C18H25N3O2/c1-5-11-21-16(9-10-19-21)20-17(22)13-23-15-8-6-7-14(12-15)18(2,3)4/h6-10,12H,5,11,13H2,1-4H3,(H,20,22). The van der Waals surface area contributed by atoms with E-state index in [1.54, 1.807) is 16.9 Å². The number of nitrogens with one attached hydrogen (secondary N) is 1. The molecule has 0 saturated carbocycles. The van der Waals surface area contributed by atoms with Crippen molar-refractivity contribution in [1.29, 1.82) is 0 Å². The fraction of sp³-hybridized carbons (Fsp3) is 0.444. The van der Waals surface area contributed by atoms with Crippen molar-refractivity contribution in [3.8, 4) is 5.75 Å². The Labute approximate surface area is 137 Å². The topological polar surface area (TPSA) is 56.2 Å². The zero-order chi connectivity index (χ0) is 16.9. The van der Waals surface area contributed by atoms with Gasteiger partial charge in [-0.2, -0.15) is 5.10 Å². The van der Waals surface area contributed by atoms with Crippen LogP contribution in [0, 0.1) is 0 Å². The third kappa shape index (κ3) is 4.84. The van der Waals surface area contributed by atoms with Gasteiger partial charge in [-0.15, -0.1) is 0 Å². The number of hydrogen-bond acceptors (Lipinski definition) is 3. The van der Waals surface area contributed by atoms with E-state index in [0.29, 0.717) is 11.6 Å². The number of aromatic nitrogens is 2. The van der Waals surface area contributed by atoms with E-state index in [1.807, 2.05) is 18.2 Å². The average Bonchev–Trinajstić information content (AvgIpc) is 2.92. The molecule has 1 aromatic heterocycles. The molecular formula is C18H25N3O2. The van der Waals surface area contributed by atoms with Crippen LogP contribution in [0.2, 0.25) is 0 Å². The molecule has 0 fully saturated rings. The number of hydrogen-bond donors (Lipinski definition) is 1. The summed E-state index contributed by atoms with van der Waals surface area (Å²) in [6, 6.07) is 9.65. The number of anilines is 1. The Morgan fingerprint density at radius 3 is 2.78 bits per heavy atom. The summed E-state index contributed by atoms with van der Waals surface area (Å²) in [4.78, 5) is 12.0. The van der Waals surface area contributed by atoms with Gasteiger partial charge in [0.05, 0.1) is 6.20 Å². The summed E-state index contributed by atoms with van der Waals surface area (Å²) in [6.45, 7) is 9.26. The summed E-state index contributed by atoms with van der Waals surface area (Å²) in [7, 11) is 0. The lowest BCUT2D eigenvalue weighted by Gasteiger charge is -2.19. The van der Waals surface area contributed by atoms with E-state index in [2.05, 4.69) is 44.2 Å². The summed E-state index contributed by atoms with van der Waals surface area (Å²) in [5.41, 5.74) is 1.23. The monoisotopic (exact) mass is 315 g/mol. The number of benzene rings is 1.